The number of quaternary nitrogens is 1. The fourth-order valence-electron chi connectivity index (χ4n) is 3.56. The molecule has 7 heteroatoms. The van der Waals surface area contributed by atoms with Crippen molar-refractivity contribution in [3.63, 3.8) is 0 Å². The number of hydrogen-bond acceptors (Lipinski definition) is 5. The molecule has 1 aromatic carbocycles. The third-order valence-electron chi connectivity index (χ3n) is 5.05. The highest BCUT2D eigenvalue weighted by atomic mass is 16.5. The monoisotopic (exact) mass is 395 g/mol. The van der Waals surface area contributed by atoms with Gasteiger partial charge in [0.2, 0.25) is 5.88 Å². The highest BCUT2D eigenvalue weighted by Crippen LogP contribution is 2.40. The van der Waals surface area contributed by atoms with Crippen LogP contribution in [-0.4, -0.2) is 31.8 Å². The minimum Gasteiger partial charge on any atom is -0.494 e. The summed E-state index contributed by atoms with van der Waals surface area (Å²) in [5.74, 6) is 0.601. The second-order valence-corrected chi connectivity index (χ2v) is 7.40. The lowest BCUT2D eigenvalue weighted by Crippen LogP contribution is -3.06. The zero-order chi connectivity index (χ0) is 21.1. The number of nitriles is 1. The second-order valence-electron chi connectivity index (χ2n) is 7.40. The van der Waals surface area contributed by atoms with Crippen LogP contribution in [0, 0.1) is 18.3 Å². The lowest BCUT2D eigenvalue weighted by molar-refractivity contribution is -0.858. The molecule has 0 bridgehead atoms. The first-order valence-electron chi connectivity index (χ1n) is 9.71. The molecule has 0 spiro atoms. The Kier molecular flexibility index (Phi) is 5.95. The number of benzene rings is 1. The number of pyridine rings is 1. The van der Waals surface area contributed by atoms with E-state index in [0.717, 1.165) is 23.6 Å². The number of ether oxygens (including phenoxy) is 2. The molecular weight excluding hydrogens is 368 g/mol. The SMILES string of the molecule is CCOc1ccc([C@@H]2C(C#N)=C(N)Oc3cc(C)n(CC[NH+](C)C)c(=O)c32)cc1. The Morgan fingerprint density at radius 1 is 1.31 bits per heavy atom. The van der Waals surface area contributed by atoms with E-state index in [9.17, 15) is 10.1 Å². The maximum atomic E-state index is 13.4. The predicted octanol–water partition coefficient (Wildman–Crippen LogP) is 0.918. The number of likely N-dealkylation sites (N-methyl/N-ethyl adjacent to an activating group) is 1. The molecule has 3 N–H and O–H groups in total. The summed E-state index contributed by atoms with van der Waals surface area (Å²) in [6.07, 6.45) is 0. The Morgan fingerprint density at radius 3 is 2.59 bits per heavy atom. The Labute approximate surface area is 170 Å². The first-order valence-corrected chi connectivity index (χ1v) is 9.71. The maximum Gasteiger partial charge on any atom is 0.258 e. The maximum absolute atomic E-state index is 13.4. The van der Waals surface area contributed by atoms with E-state index in [1.807, 2.05) is 58.3 Å². The molecule has 0 fully saturated rings. The van der Waals surface area contributed by atoms with Gasteiger partial charge in [-0.1, -0.05) is 12.1 Å². The summed E-state index contributed by atoms with van der Waals surface area (Å²) in [6.45, 7) is 5.74. The predicted molar refractivity (Wildman–Crippen MR) is 110 cm³/mol. The largest absolute Gasteiger partial charge is 0.494 e. The number of rotatable bonds is 6. The Morgan fingerprint density at radius 2 is 2.00 bits per heavy atom. The fourth-order valence-corrected chi connectivity index (χ4v) is 3.56. The molecule has 29 heavy (non-hydrogen) atoms. The van der Waals surface area contributed by atoms with Crippen LogP contribution in [0.4, 0.5) is 0 Å². The van der Waals surface area contributed by atoms with E-state index in [1.165, 1.54) is 4.90 Å². The molecule has 1 aliphatic rings. The minimum atomic E-state index is -0.578. The summed E-state index contributed by atoms with van der Waals surface area (Å²) in [6, 6.07) is 11.4. The van der Waals surface area contributed by atoms with Gasteiger partial charge in [0.25, 0.3) is 5.56 Å². The lowest BCUT2D eigenvalue weighted by Gasteiger charge is -2.27. The third kappa shape index (κ3) is 3.98. The van der Waals surface area contributed by atoms with Gasteiger partial charge in [0.05, 0.1) is 45.3 Å². The molecule has 0 radical (unpaired) electrons. The van der Waals surface area contributed by atoms with Crippen LogP contribution >= 0.6 is 0 Å². The van der Waals surface area contributed by atoms with Crippen molar-refractivity contribution in [2.75, 3.05) is 27.2 Å². The number of hydrogen-bond donors (Lipinski definition) is 2. The van der Waals surface area contributed by atoms with Crippen LogP contribution in [0.3, 0.4) is 0 Å². The van der Waals surface area contributed by atoms with Gasteiger partial charge in [-0.3, -0.25) is 4.79 Å². The number of nitrogens with two attached hydrogens (primary N) is 1. The van der Waals surface area contributed by atoms with Crippen LogP contribution in [0.25, 0.3) is 0 Å². The van der Waals surface area contributed by atoms with Crippen LogP contribution in [0.2, 0.25) is 0 Å². The molecule has 1 aromatic heterocycles. The van der Waals surface area contributed by atoms with Gasteiger partial charge in [-0.05, 0) is 31.5 Å². The normalized spacial score (nSPS) is 15.7. The van der Waals surface area contributed by atoms with Crippen LogP contribution in [0.15, 0.2) is 46.6 Å². The third-order valence-corrected chi connectivity index (χ3v) is 5.05. The molecule has 3 rings (SSSR count). The van der Waals surface area contributed by atoms with Crippen molar-refractivity contribution in [3.8, 4) is 17.6 Å². The van der Waals surface area contributed by atoms with Gasteiger partial charge < -0.3 is 24.7 Å². The molecule has 2 aromatic rings. The van der Waals surface area contributed by atoms with E-state index in [4.69, 9.17) is 15.2 Å². The van der Waals surface area contributed by atoms with Gasteiger partial charge in [0.1, 0.15) is 23.1 Å². The first-order chi connectivity index (χ1) is 13.9. The zero-order valence-electron chi connectivity index (χ0n) is 17.3. The molecule has 0 saturated heterocycles. The summed E-state index contributed by atoms with van der Waals surface area (Å²) in [4.78, 5) is 14.7. The number of fused-ring (bicyclic) bond motifs is 1. The molecular formula is C22H27N4O3+. The van der Waals surface area contributed by atoms with Crippen molar-refractivity contribution in [1.82, 2.24) is 4.57 Å². The Bertz CT molecular complexity index is 1030. The number of allylic oxidation sites excluding steroid dienone is 1. The molecule has 0 amide bonds. The molecule has 0 saturated carbocycles. The van der Waals surface area contributed by atoms with E-state index < -0.39 is 5.92 Å². The van der Waals surface area contributed by atoms with E-state index in [-0.39, 0.29) is 17.0 Å². The minimum absolute atomic E-state index is 0.0353. The van der Waals surface area contributed by atoms with Crippen LogP contribution in [0.5, 0.6) is 11.5 Å². The van der Waals surface area contributed by atoms with E-state index in [1.54, 1.807) is 4.57 Å². The van der Waals surface area contributed by atoms with Crippen molar-refractivity contribution in [3.05, 3.63) is 69.0 Å². The molecule has 2 heterocycles. The highest BCUT2D eigenvalue weighted by Gasteiger charge is 2.34. The topological polar surface area (TPSA) is 94.7 Å². The van der Waals surface area contributed by atoms with Crippen molar-refractivity contribution < 1.29 is 14.4 Å². The Hall–Kier alpha value is -3.24. The average molecular weight is 395 g/mol. The van der Waals surface area contributed by atoms with E-state index in [2.05, 4.69) is 6.07 Å². The van der Waals surface area contributed by atoms with Gasteiger partial charge in [0.15, 0.2) is 0 Å². The number of nitrogens with zero attached hydrogens (tertiary/aromatic N) is 2. The van der Waals surface area contributed by atoms with Crippen molar-refractivity contribution >= 4 is 0 Å². The summed E-state index contributed by atoms with van der Waals surface area (Å²) >= 11 is 0. The molecule has 0 unspecified atom stereocenters. The summed E-state index contributed by atoms with van der Waals surface area (Å²) in [5.41, 5.74) is 8.17. The molecule has 1 atom stereocenters. The lowest BCUT2D eigenvalue weighted by atomic mass is 9.84. The smallest absolute Gasteiger partial charge is 0.258 e. The molecule has 7 nitrogen and oxygen atoms in total. The van der Waals surface area contributed by atoms with Gasteiger partial charge in [-0.2, -0.15) is 5.26 Å². The van der Waals surface area contributed by atoms with Crippen LogP contribution in [-0.2, 0) is 6.54 Å². The number of aromatic nitrogens is 1. The van der Waals surface area contributed by atoms with Gasteiger partial charge in [0, 0.05) is 11.8 Å². The van der Waals surface area contributed by atoms with Crippen molar-refractivity contribution in [2.45, 2.75) is 26.3 Å². The van der Waals surface area contributed by atoms with E-state index >= 15 is 0 Å². The van der Waals surface area contributed by atoms with Gasteiger partial charge in [-0.15, -0.1) is 0 Å². The molecule has 152 valence electrons. The van der Waals surface area contributed by atoms with Gasteiger partial charge in [-0.25, -0.2) is 0 Å². The summed E-state index contributed by atoms with van der Waals surface area (Å²) < 4.78 is 12.9. The fraction of sp³-hybridized carbons (Fsp3) is 0.364. The molecule has 0 aliphatic carbocycles. The average Bonchev–Trinajstić information content (AvgIpc) is 2.67. The zero-order valence-corrected chi connectivity index (χ0v) is 17.3. The second kappa shape index (κ2) is 8.41. The number of nitrogens with one attached hydrogen (secondary N) is 1. The van der Waals surface area contributed by atoms with Crippen molar-refractivity contribution in [2.24, 2.45) is 5.73 Å². The summed E-state index contributed by atoms with van der Waals surface area (Å²) in [7, 11) is 4.09. The number of aryl methyl sites for hydroxylation is 1. The standard InChI is InChI=1S/C22H26N4O3/c1-5-28-16-8-6-15(7-9-16)19-17(13-23)21(24)29-18-12-14(2)26(11-10-25(3)4)22(27)20(18)19/h6-9,12,19H,5,10-11,24H2,1-4H3/p+1/t19-/m1/s1. The Balaban J connectivity index is 2.17. The quantitative estimate of drug-likeness (QED) is 0.758. The van der Waals surface area contributed by atoms with Gasteiger partial charge >= 0.3 is 0 Å². The summed E-state index contributed by atoms with van der Waals surface area (Å²) in [5, 5.41) is 9.74. The first kappa shape index (κ1) is 20.5. The highest BCUT2D eigenvalue weighted by molar-refractivity contribution is 5.55. The molecule has 1 aliphatic heterocycles. The van der Waals surface area contributed by atoms with E-state index in [0.29, 0.717) is 24.5 Å². The van der Waals surface area contributed by atoms with Crippen molar-refractivity contribution in [1.29, 1.82) is 5.26 Å². The van der Waals surface area contributed by atoms with Crippen LogP contribution in [0.1, 0.15) is 29.7 Å². The van der Waals surface area contributed by atoms with Crippen LogP contribution < -0.4 is 25.7 Å².